The molecule has 0 radical (unpaired) electrons. The number of benzene rings is 2. The van der Waals surface area contributed by atoms with Crippen molar-refractivity contribution in [1.82, 2.24) is 0 Å². The molecule has 98 valence electrons. The van der Waals surface area contributed by atoms with Gasteiger partial charge < -0.3 is 22.0 Å². The van der Waals surface area contributed by atoms with Crippen LogP contribution < -0.4 is 17.2 Å². The molecule has 6 nitrogen and oxygen atoms in total. The molecule has 0 amide bonds. The van der Waals surface area contributed by atoms with Gasteiger partial charge in [-0.1, -0.05) is 42.5 Å². The predicted molar refractivity (Wildman–Crippen MR) is 76.2 cm³/mol. The van der Waals surface area contributed by atoms with E-state index < -0.39 is 0 Å². The number of oxime groups is 1. The summed E-state index contributed by atoms with van der Waals surface area (Å²) in [4.78, 5) is 8.68. The van der Waals surface area contributed by atoms with Crippen LogP contribution in [0.3, 0.4) is 0 Å². The average Bonchev–Trinajstić information content (AvgIpc) is 2.38. The zero-order chi connectivity index (χ0) is 13.7. The standard InChI is InChI=1S/C13H15N5O/c14-12(15)17-13(16)18-19-8-10-6-3-5-9-4-1-2-7-11(9)10/h1-7H,8H2,(H6,14,15,16,17,18). The molecule has 0 aliphatic rings. The Morgan fingerprint density at radius 3 is 2.53 bits per heavy atom. The lowest BCUT2D eigenvalue weighted by molar-refractivity contribution is 0.130. The summed E-state index contributed by atoms with van der Waals surface area (Å²) in [6.45, 7) is 0.294. The van der Waals surface area contributed by atoms with Gasteiger partial charge in [-0.2, -0.15) is 4.99 Å². The SMILES string of the molecule is NC(N)=N/C(N)=N/OCc1cccc2ccccc12. The molecule has 0 saturated heterocycles. The van der Waals surface area contributed by atoms with Crippen LogP contribution in [0.1, 0.15) is 5.56 Å². The molecule has 0 atom stereocenters. The average molecular weight is 257 g/mol. The molecule has 0 bridgehead atoms. The Balaban J connectivity index is 2.12. The molecule has 0 aliphatic carbocycles. The summed E-state index contributed by atoms with van der Waals surface area (Å²) in [5.74, 6) is -0.268. The van der Waals surface area contributed by atoms with Gasteiger partial charge >= 0.3 is 0 Å². The normalized spacial score (nSPS) is 11.3. The zero-order valence-corrected chi connectivity index (χ0v) is 10.3. The Morgan fingerprint density at radius 1 is 1.00 bits per heavy atom. The number of fused-ring (bicyclic) bond motifs is 1. The molecule has 0 heterocycles. The minimum Gasteiger partial charge on any atom is -0.388 e. The lowest BCUT2D eigenvalue weighted by atomic mass is 10.1. The summed E-state index contributed by atoms with van der Waals surface area (Å²) in [5.41, 5.74) is 16.8. The van der Waals surface area contributed by atoms with E-state index in [2.05, 4.69) is 10.1 Å². The second-order valence-electron chi connectivity index (χ2n) is 3.90. The quantitative estimate of drug-likeness (QED) is 0.430. The Hall–Kier alpha value is -2.76. The van der Waals surface area contributed by atoms with Crippen molar-refractivity contribution in [2.24, 2.45) is 27.3 Å². The second-order valence-corrected chi connectivity index (χ2v) is 3.90. The van der Waals surface area contributed by atoms with Gasteiger partial charge in [-0.25, -0.2) is 0 Å². The fraction of sp³-hybridized carbons (Fsp3) is 0.0769. The summed E-state index contributed by atoms with van der Waals surface area (Å²) < 4.78 is 0. The molecule has 0 aromatic heterocycles. The maximum Gasteiger partial charge on any atom is 0.260 e. The summed E-state index contributed by atoms with van der Waals surface area (Å²) in [6, 6.07) is 14.0. The number of aliphatic imine (C=N–C) groups is 1. The van der Waals surface area contributed by atoms with E-state index in [0.717, 1.165) is 16.3 Å². The maximum atomic E-state index is 5.43. The summed E-state index contributed by atoms with van der Waals surface area (Å²) in [7, 11) is 0. The van der Waals surface area contributed by atoms with E-state index in [0.29, 0.717) is 6.61 Å². The fourth-order valence-electron chi connectivity index (χ4n) is 1.74. The van der Waals surface area contributed by atoms with E-state index in [4.69, 9.17) is 22.0 Å². The van der Waals surface area contributed by atoms with Gasteiger partial charge in [0.15, 0.2) is 5.96 Å². The monoisotopic (exact) mass is 257 g/mol. The van der Waals surface area contributed by atoms with Gasteiger partial charge in [0, 0.05) is 0 Å². The van der Waals surface area contributed by atoms with Crippen molar-refractivity contribution in [2.45, 2.75) is 6.61 Å². The van der Waals surface area contributed by atoms with Crippen LogP contribution in [-0.2, 0) is 11.4 Å². The highest BCUT2D eigenvalue weighted by Gasteiger charge is 2.00. The molecule has 6 N–H and O–H groups in total. The minimum atomic E-state index is -0.157. The highest BCUT2D eigenvalue weighted by Crippen LogP contribution is 2.19. The van der Waals surface area contributed by atoms with Crippen LogP contribution in [0.25, 0.3) is 10.8 Å². The second kappa shape index (κ2) is 5.72. The first-order chi connectivity index (χ1) is 9.16. The lowest BCUT2D eigenvalue weighted by Crippen LogP contribution is -2.26. The Morgan fingerprint density at radius 2 is 1.74 bits per heavy atom. The van der Waals surface area contributed by atoms with Gasteiger partial charge in [-0.15, -0.1) is 0 Å². The topological polar surface area (TPSA) is 112 Å². The number of guanidine groups is 2. The Bertz CT molecular complexity index is 626. The van der Waals surface area contributed by atoms with E-state index in [1.165, 1.54) is 0 Å². The van der Waals surface area contributed by atoms with Gasteiger partial charge in [-0.05, 0) is 21.5 Å². The molecule has 2 rings (SSSR count). The lowest BCUT2D eigenvalue weighted by Gasteiger charge is -2.05. The van der Waals surface area contributed by atoms with Crippen LogP contribution in [0.5, 0.6) is 0 Å². The Kier molecular flexibility index (Phi) is 3.82. The van der Waals surface area contributed by atoms with E-state index >= 15 is 0 Å². The van der Waals surface area contributed by atoms with Gasteiger partial charge in [0.2, 0.25) is 0 Å². The fourth-order valence-corrected chi connectivity index (χ4v) is 1.74. The highest BCUT2D eigenvalue weighted by atomic mass is 16.6. The largest absolute Gasteiger partial charge is 0.388 e. The first-order valence-corrected chi connectivity index (χ1v) is 5.68. The third kappa shape index (κ3) is 3.35. The molecule has 2 aromatic carbocycles. The summed E-state index contributed by atoms with van der Waals surface area (Å²) in [6.07, 6.45) is 0. The van der Waals surface area contributed by atoms with Gasteiger partial charge in [0.05, 0.1) is 0 Å². The first kappa shape index (κ1) is 12.7. The maximum absolute atomic E-state index is 5.43. The zero-order valence-electron chi connectivity index (χ0n) is 10.3. The van der Waals surface area contributed by atoms with Crippen molar-refractivity contribution in [3.63, 3.8) is 0 Å². The van der Waals surface area contributed by atoms with Crippen molar-refractivity contribution >= 4 is 22.7 Å². The van der Waals surface area contributed by atoms with Crippen LogP contribution in [-0.4, -0.2) is 11.9 Å². The van der Waals surface area contributed by atoms with Crippen LogP contribution in [0, 0.1) is 0 Å². The van der Waals surface area contributed by atoms with Crippen LogP contribution in [0.4, 0.5) is 0 Å². The first-order valence-electron chi connectivity index (χ1n) is 5.68. The van der Waals surface area contributed by atoms with Crippen molar-refractivity contribution in [2.75, 3.05) is 0 Å². The molecule has 0 aliphatic heterocycles. The van der Waals surface area contributed by atoms with Crippen molar-refractivity contribution in [1.29, 1.82) is 0 Å². The van der Waals surface area contributed by atoms with Gasteiger partial charge in [0.1, 0.15) is 6.61 Å². The molecular formula is C13H15N5O. The predicted octanol–water partition coefficient (Wildman–Crippen LogP) is 0.860. The van der Waals surface area contributed by atoms with Crippen LogP contribution in [0.2, 0.25) is 0 Å². The third-order valence-electron chi connectivity index (χ3n) is 2.50. The number of hydrogen-bond donors (Lipinski definition) is 3. The molecule has 0 fully saturated rings. The summed E-state index contributed by atoms with van der Waals surface area (Å²) >= 11 is 0. The van der Waals surface area contributed by atoms with Crippen LogP contribution in [0.15, 0.2) is 52.6 Å². The molecular weight excluding hydrogens is 242 g/mol. The van der Waals surface area contributed by atoms with Crippen molar-refractivity contribution < 1.29 is 4.84 Å². The summed E-state index contributed by atoms with van der Waals surface area (Å²) in [5, 5.41) is 5.87. The van der Waals surface area contributed by atoms with E-state index in [9.17, 15) is 0 Å². The number of rotatable bonds is 3. The van der Waals surface area contributed by atoms with Crippen molar-refractivity contribution in [3.05, 3.63) is 48.0 Å². The minimum absolute atomic E-state index is 0.111. The van der Waals surface area contributed by atoms with E-state index in [1.807, 2.05) is 42.5 Å². The van der Waals surface area contributed by atoms with Crippen molar-refractivity contribution in [3.8, 4) is 0 Å². The smallest absolute Gasteiger partial charge is 0.260 e. The molecule has 19 heavy (non-hydrogen) atoms. The number of nitrogens with zero attached hydrogens (tertiary/aromatic N) is 2. The van der Waals surface area contributed by atoms with E-state index in [-0.39, 0.29) is 11.9 Å². The number of hydrogen-bond acceptors (Lipinski definition) is 2. The van der Waals surface area contributed by atoms with Gasteiger partial charge in [0.25, 0.3) is 5.96 Å². The number of nitrogens with two attached hydrogens (primary N) is 3. The molecule has 2 aromatic rings. The highest BCUT2D eigenvalue weighted by molar-refractivity contribution is 5.92. The molecule has 0 saturated carbocycles. The van der Waals surface area contributed by atoms with Crippen LogP contribution >= 0.6 is 0 Å². The molecule has 0 unspecified atom stereocenters. The Labute approximate surface area is 110 Å². The van der Waals surface area contributed by atoms with E-state index in [1.54, 1.807) is 0 Å². The van der Waals surface area contributed by atoms with Gasteiger partial charge in [-0.3, -0.25) is 0 Å². The molecule has 0 spiro atoms. The molecule has 6 heteroatoms. The third-order valence-corrected chi connectivity index (χ3v) is 2.50.